The van der Waals surface area contributed by atoms with Gasteiger partial charge < -0.3 is 4.57 Å². The second-order valence-corrected chi connectivity index (χ2v) is 12.8. The van der Waals surface area contributed by atoms with Gasteiger partial charge in [-0.1, -0.05) is 127 Å². The maximum absolute atomic E-state index is 9.88. The van der Waals surface area contributed by atoms with Crippen LogP contribution in [0.3, 0.4) is 0 Å². The summed E-state index contributed by atoms with van der Waals surface area (Å²) < 4.78 is 131. The smallest absolute Gasteiger partial charge is 0.235 e. The van der Waals surface area contributed by atoms with Crippen molar-refractivity contribution in [1.29, 1.82) is 0 Å². The summed E-state index contributed by atoms with van der Waals surface area (Å²) >= 11 is 0. The van der Waals surface area contributed by atoms with Crippen LogP contribution < -0.4 is 0 Å². The van der Waals surface area contributed by atoms with E-state index in [4.69, 9.17) is 20.9 Å². The Morgan fingerprint density at radius 3 is 1.87 bits per heavy atom. The average Bonchev–Trinajstić information content (AvgIpc) is 3.89. The van der Waals surface area contributed by atoms with Gasteiger partial charge in [-0.2, -0.15) is 0 Å². The molecule has 3 heterocycles. The zero-order chi connectivity index (χ0) is 47.2. The lowest BCUT2D eigenvalue weighted by Gasteiger charge is -2.13. The van der Waals surface area contributed by atoms with E-state index in [1.807, 2.05) is 91.0 Å². The number of nitrogens with zero attached hydrogens (tertiary/aromatic N) is 4. The third kappa shape index (κ3) is 4.56. The van der Waals surface area contributed by atoms with E-state index in [0.717, 1.165) is 26.5 Å². The summed E-state index contributed by atoms with van der Waals surface area (Å²) in [6, 6.07) is 20.9. The summed E-state index contributed by atoms with van der Waals surface area (Å²) in [5.74, 6) is -0.123. The molecule has 0 aliphatic rings. The molecule has 0 saturated carbocycles. The molecule has 0 aliphatic carbocycles. The lowest BCUT2D eigenvalue weighted by atomic mass is 9.99. The molecule has 0 radical (unpaired) electrons. The van der Waals surface area contributed by atoms with Crippen molar-refractivity contribution in [3.8, 4) is 34.0 Å². The maximum Gasteiger partial charge on any atom is 0.235 e. The lowest BCUT2D eigenvalue weighted by Crippen LogP contribution is -2.03. The van der Waals surface area contributed by atoms with E-state index in [1.165, 1.54) is 11.5 Å². The Kier molecular flexibility index (Phi) is 4.11. The van der Waals surface area contributed by atoms with Gasteiger partial charge in [-0.25, -0.2) is 9.97 Å². The van der Waals surface area contributed by atoms with Gasteiger partial charge in [0.25, 0.3) is 0 Å². The van der Waals surface area contributed by atoms with E-state index in [-0.39, 0.29) is 55.1 Å². The van der Waals surface area contributed by atoms with Crippen LogP contribution in [0.5, 0.6) is 0 Å². The van der Waals surface area contributed by atoms with Crippen molar-refractivity contribution in [2.24, 2.45) is 0 Å². The summed E-state index contributed by atoms with van der Waals surface area (Å²) in [6.07, 6.45) is 0. The molecule has 0 saturated heterocycles. The number of hydrogen-bond acceptors (Lipinski definition) is 2. The Hall–Kier alpha value is -7.04. The molecule has 3 aromatic heterocycles. The fraction of sp³-hybridized carbons (Fsp3) is 0.0204. The number of hydrogen-bond donors (Lipinski definition) is 0. The predicted molar refractivity (Wildman–Crippen MR) is 221 cm³/mol. The molecule has 8 aromatic carbocycles. The zero-order valence-electron chi connectivity index (χ0n) is 41.9. The first-order valence-electron chi connectivity index (χ1n) is 24.0. The number of para-hydroxylation sites is 2. The van der Waals surface area contributed by atoms with E-state index in [2.05, 4.69) is 0 Å². The topological polar surface area (TPSA) is 35.6 Å². The Labute approximate surface area is 325 Å². The van der Waals surface area contributed by atoms with Gasteiger partial charge in [0.05, 0.1) is 52.5 Å². The largest absolute Gasteiger partial charge is 0.309 e. The summed E-state index contributed by atoms with van der Waals surface area (Å²) in [7, 11) is 0. The lowest BCUT2D eigenvalue weighted by molar-refractivity contribution is 1.01. The summed E-state index contributed by atoms with van der Waals surface area (Å²) in [4.78, 5) is 10.2. The van der Waals surface area contributed by atoms with Crippen molar-refractivity contribution in [3.05, 3.63) is 181 Å². The van der Waals surface area contributed by atoms with Gasteiger partial charge in [0.2, 0.25) is 5.95 Å². The number of fused-ring (bicyclic) bond motifs is 9. The molecule has 0 unspecified atom stereocenters. The van der Waals surface area contributed by atoms with E-state index >= 15 is 0 Å². The zero-order valence-corrected chi connectivity index (χ0v) is 27.9. The third-order valence-electron chi connectivity index (χ3n) is 9.73. The second kappa shape index (κ2) is 11.5. The van der Waals surface area contributed by atoms with Crippen LogP contribution in [-0.4, -0.2) is 19.1 Å². The SMILES string of the molecule is [2H]c1c([2H])c(-n2c3c([2H])c([2H])c([2H])c([2H])c3c3c4c5c([2H])c([2H])c([2H])c([2H])c5n(-c5nc(-c6ccc7ccccc7c6)c6ccc(-c7ccccc7)cc6n5)c4c([2H])c([2H])c32)c([2H])c([2H])c1C. The van der Waals surface area contributed by atoms with Gasteiger partial charge in [-0.15, -0.1) is 0 Å². The van der Waals surface area contributed by atoms with Crippen molar-refractivity contribution in [1.82, 2.24) is 19.1 Å². The molecular weight excluding hydrogens is 645 g/mol. The average molecular weight is 691 g/mol. The first kappa shape index (κ1) is 19.0. The van der Waals surface area contributed by atoms with Crippen molar-refractivity contribution >= 4 is 65.3 Å². The highest BCUT2D eigenvalue weighted by molar-refractivity contribution is 6.28. The number of aromatic nitrogens is 4. The molecule has 248 valence electrons. The molecule has 11 aromatic rings. The second-order valence-electron chi connectivity index (χ2n) is 12.8. The molecule has 0 spiro atoms. The highest BCUT2D eigenvalue weighted by Gasteiger charge is 2.22. The molecule has 0 atom stereocenters. The fourth-order valence-corrected chi connectivity index (χ4v) is 7.32. The van der Waals surface area contributed by atoms with Crippen LogP contribution in [0.1, 0.15) is 24.8 Å². The van der Waals surface area contributed by atoms with E-state index in [0.29, 0.717) is 22.2 Å². The van der Waals surface area contributed by atoms with Crippen molar-refractivity contribution < 1.29 is 19.2 Å². The minimum Gasteiger partial charge on any atom is -0.309 e. The first-order chi connectivity index (χ1) is 32.0. The molecule has 0 fully saturated rings. The Morgan fingerprint density at radius 2 is 1.11 bits per heavy atom. The summed E-state index contributed by atoms with van der Waals surface area (Å²) in [5, 5.41) is 1.93. The van der Waals surface area contributed by atoms with Crippen LogP contribution in [0.25, 0.3) is 99.3 Å². The summed E-state index contributed by atoms with van der Waals surface area (Å²) in [5.41, 5.74) is 1.92. The van der Waals surface area contributed by atoms with Crippen LogP contribution >= 0.6 is 0 Å². The van der Waals surface area contributed by atoms with Gasteiger partial charge >= 0.3 is 0 Å². The van der Waals surface area contributed by atoms with Gasteiger partial charge in [0.15, 0.2) is 0 Å². The van der Waals surface area contributed by atoms with Crippen LogP contribution in [0.2, 0.25) is 0 Å². The minimum absolute atomic E-state index is 0.0180. The molecular formula is C49H32N4. The molecule has 0 N–H and O–H groups in total. The molecule has 0 bridgehead atoms. The number of benzene rings is 8. The van der Waals surface area contributed by atoms with Crippen molar-refractivity contribution in [3.63, 3.8) is 0 Å². The Morgan fingerprint density at radius 1 is 0.472 bits per heavy atom. The summed E-state index contributed by atoms with van der Waals surface area (Å²) in [6.45, 7) is 1.41. The van der Waals surface area contributed by atoms with Gasteiger partial charge in [0, 0.05) is 38.2 Å². The molecule has 4 heteroatoms. The standard InChI is InChI=1S/C49H32N4/c1-31-19-24-37(25-20-31)52-42-17-9-7-15-39(42)46-44(52)27-28-45-47(46)40-16-8-10-18-43(40)53(45)49-50-41-30-35(32-11-3-2-4-12-32)23-26-38(41)48(51-49)36-22-21-33-13-5-6-14-34(33)29-36/h2-30H,1H3/i7D,8D,9D,10D,15D,16D,17D,18D,19D,20D,24D,25D,27D,28D. The normalized spacial score (nSPS) is 15.6. The van der Waals surface area contributed by atoms with E-state index in [1.54, 1.807) is 0 Å². The Balaban J connectivity index is 1.39. The molecule has 4 nitrogen and oxygen atoms in total. The van der Waals surface area contributed by atoms with E-state index in [9.17, 15) is 8.22 Å². The van der Waals surface area contributed by atoms with Gasteiger partial charge in [-0.3, -0.25) is 4.57 Å². The van der Waals surface area contributed by atoms with E-state index < -0.39 is 90.3 Å². The Bertz CT molecular complexity index is 4020. The fourth-order valence-electron chi connectivity index (χ4n) is 7.32. The van der Waals surface area contributed by atoms with Crippen LogP contribution in [0.4, 0.5) is 0 Å². The monoisotopic (exact) mass is 690 g/mol. The number of rotatable bonds is 4. The quantitative estimate of drug-likeness (QED) is 0.184. The van der Waals surface area contributed by atoms with Crippen molar-refractivity contribution in [2.45, 2.75) is 6.92 Å². The van der Waals surface area contributed by atoms with Crippen LogP contribution in [0.15, 0.2) is 176 Å². The molecule has 11 rings (SSSR count). The molecule has 0 amide bonds. The highest BCUT2D eigenvalue weighted by atomic mass is 15.2. The van der Waals surface area contributed by atoms with Gasteiger partial charge in [0.1, 0.15) is 0 Å². The molecule has 0 aliphatic heterocycles. The first-order valence-corrected chi connectivity index (χ1v) is 17.0. The van der Waals surface area contributed by atoms with Gasteiger partial charge in [-0.05, 0) is 83.3 Å². The highest BCUT2D eigenvalue weighted by Crippen LogP contribution is 2.42. The predicted octanol–water partition coefficient (Wildman–Crippen LogP) is 12.6. The maximum atomic E-state index is 9.88. The van der Waals surface area contributed by atoms with Crippen LogP contribution in [0, 0.1) is 6.92 Å². The van der Waals surface area contributed by atoms with Crippen molar-refractivity contribution in [2.75, 3.05) is 0 Å². The van der Waals surface area contributed by atoms with Crippen LogP contribution in [-0.2, 0) is 0 Å². The third-order valence-corrected chi connectivity index (χ3v) is 9.73. The molecule has 53 heavy (non-hydrogen) atoms. The minimum atomic E-state index is -0.692.